The monoisotopic (exact) mass is 551 g/mol. The first-order valence-electron chi connectivity index (χ1n) is 11.0. The maximum absolute atomic E-state index is 11.8. The molecule has 3 rings (SSSR count). The van der Waals surface area contributed by atoms with Crippen LogP contribution in [0.5, 0.6) is 0 Å². The zero-order valence-electron chi connectivity index (χ0n) is 18.4. The molecule has 171 valence electrons. The van der Waals surface area contributed by atoms with E-state index < -0.39 is 6.10 Å². The van der Waals surface area contributed by atoms with Crippen LogP contribution in [0.3, 0.4) is 0 Å². The number of alkyl halides is 2. The Morgan fingerprint density at radius 1 is 1.19 bits per heavy atom. The number of nitro groups is 1. The Morgan fingerprint density at radius 2 is 1.88 bits per heavy atom. The Labute approximate surface area is 226 Å². The van der Waals surface area contributed by atoms with E-state index >= 15 is 0 Å². The van der Waals surface area contributed by atoms with Gasteiger partial charge in [-0.25, -0.2) is 0 Å². The van der Waals surface area contributed by atoms with Crippen molar-refractivity contribution < 1.29 is 42.7 Å². The minimum atomic E-state index is -0.504. The molecule has 0 spiro atoms. The van der Waals surface area contributed by atoms with E-state index in [-0.39, 0.29) is 65.9 Å². The van der Waals surface area contributed by atoms with Crippen molar-refractivity contribution in [2.45, 2.75) is 68.2 Å². The van der Waals surface area contributed by atoms with Crippen molar-refractivity contribution in [1.29, 1.82) is 0 Å². The number of hydrogen-bond acceptors (Lipinski definition) is 3. The molecule has 1 saturated carbocycles. The van der Waals surface area contributed by atoms with Crippen molar-refractivity contribution in [3.8, 4) is 0 Å². The number of rotatable bonds is 9. The molecule has 2 aromatic carbocycles. The van der Waals surface area contributed by atoms with Gasteiger partial charge in [-0.2, -0.15) is 0 Å². The number of aliphatic hydroxyl groups is 1. The van der Waals surface area contributed by atoms with Gasteiger partial charge in [0, 0.05) is 60.5 Å². The third-order valence-corrected chi connectivity index (χ3v) is 7.34. The molecule has 0 aromatic heterocycles. The molecule has 0 aliphatic heterocycles. The van der Waals surface area contributed by atoms with Crippen LogP contribution in [-0.4, -0.2) is 20.8 Å². The van der Waals surface area contributed by atoms with E-state index in [0.29, 0.717) is 30.4 Å². The Balaban J connectivity index is 0.00000363. The number of para-hydroxylation sites is 1. The Morgan fingerprint density at radius 3 is 2.53 bits per heavy atom. The van der Waals surface area contributed by atoms with Gasteiger partial charge in [0.25, 0.3) is 5.69 Å². The number of hydrogen-bond donors (Lipinski definition) is 1. The topological polar surface area (TPSA) is 63.4 Å². The first kappa shape index (κ1) is 27.7. The molecule has 5 atom stereocenters. The van der Waals surface area contributed by atoms with Crippen LogP contribution < -0.4 is 0 Å². The number of nitrogens with zero attached hydrogens (tertiary/aromatic N) is 1. The van der Waals surface area contributed by atoms with Gasteiger partial charge in [-0.1, -0.05) is 62.2 Å². The largest absolute Gasteiger partial charge is 0.388 e. The van der Waals surface area contributed by atoms with Gasteiger partial charge in [0.15, 0.2) is 0 Å². The summed E-state index contributed by atoms with van der Waals surface area (Å²) in [6.07, 6.45) is 3.70. The Bertz CT molecular complexity index is 911. The summed E-state index contributed by atoms with van der Waals surface area (Å²) in [5.41, 5.74) is 3.37. The summed E-state index contributed by atoms with van der Waals surface area (Å²) in [5, 5.41) is 22.0. The van der Waals surface area contributed by atoms with Crippen molar-refractivity contribution in [2.24, 2.45) is 5.92 Å². The van der Waals surface area contributed by atoms with E-state index in [1.54, 1.807) is 6.07 Å². The normalized spacial score (nSPS) is 23.5. The van der Waals surface area contributed by atoms with E-state index in [4.69, 9.17) is 23.2 Å². The number of nitro benzene ring substituents is 1. The van der Waals surface area contributed by atoms with Crippen LogP contribution >= 0.6 is 23.2 Å². The van der Waals surface area contributed by atoms with E-state index in [1.807, 2.05) is 36.4 Å². The van der Waals surface area contributed by atoms with E-state index in [9.17, 15) is 15.2 Å². The van der Waals surface area contributed by atoms with E-state index in [2.05, 4.69) is 13.8 Å². The second kappa shape index (κ2) is 12.8. The van der Waals surface area contributed by atoms with E-state index in [1.165, 1.54) is 0 Å². The molecule has 4 nitrogen and oxygen atoms in total. The van der Waals surface area contributed by atoms with Gasteiger partial charge in [-0.15, -0.1) is 29.6 Å². The molecule has 0 amide bonds. The molecule has 32 heavy (non-hydrogen) atoms. The molecule has 1 N–H and O–H groups in total. The fraction of sp³-hybridized carbons (Fsp3) is 0.480. The third kappa shape index (κ3) is 6.33. The summed E-state index contributed by atoms with van der Waals surface area (Å²) in [7, 11) is 0. The van der Waals surface area contributed by atoms with Gasteiger partial charge in [0.1, 0.15) is 0 Å². The molecule has 2 aromatic rings. The molecule has 1 aliphatic rings. The molecular weight excluding hydrogens is 522 g/mol. The summed E-state index contributed by atoms with van der Waals surface area (Å²) in [6.45, 7) is 5.94. The average Bonchev–Trinajstić information content (AvgIpc) is 3.04. The standard InChI is InChI=1S/C25H30Cl2NO3.Y/c1-3-5-12-23(29)17-9-7-10-18(13-17)24-20(21(26)15-22(24)27)14-19-11-6-8-16(4-2)25(19)28(30)31;/h6-11,13,20-24,29H,2-5,12,14-15H2,1H3;/q-1;. The number of aliphatic hydroxyl groups excluding tert-OH is 1. The van der Waals surface area contributed by atoms with Crippen LogP contribution in [-0.2, 0) is 45.6 Å². The van der Waals surface area contributed by atoms with Crippen molar-refractivity contribution >= 4 is 28.9 Å². The second-order valence-electron chi connectivity index (χ2n) is 8.42. The molecule has 1 fully saturated rings. The number of halogens is 2. The van der Waals surface area contributed by atoms with Gasteiger partial charge >= 0.3 is 0 Å². The summed E-state index contributed by atoms with van der Waals surface area (Å²) in [5.74, 6) is -0.0727. The molecule has 5 unspecified atom stereocenters. The first-order valence-corrected chi connectivity index (χ1v) is 11.8. The van der Waals surface area contributed by atoms with Gasteiger partial charge in [0.05, 0.1) is 11.0 Å². The molecule has 7 heteroatoms. The van der Waals surface area contributed by atoms with Gasteiger partial charge < -0.3 is 12.0 Å². The molecular formula is C25H30Cl2NO3Y-. The van der Waals surface area contributed by atoms with Gasteiger partial charge in [-0.3, -0.25) is 10.1 Å². The predicted molar refractivity (Wildman–Crippen MR) is 127 cm³/mol. The minimum absolute atomic E-state index is 0. The van der Waals surface area contributed by atoms with E-state index in [0.717, 1.165) is 30.4 Å². The molecule has 0 bridgehead atoms. The van der Waals surface area contributed by atoms with Crippen molar-refractivity contribution in [2.75, 3.05) is 0 Å². The maximum Gasteiger partial charge on any atom is 0.273 e. The van der Waals surface area contributed by atoms with Crippen molar-refractivity contribution in [1.82, 2.24) is 0 Å². The van der Waals surface area contributed by atoms with Crippen LogP contribution in [0.2, 0.25) is 0 Å². The third-order valence-electron chi connectivity index (χ3n) is 6.39. The first-order chi connectivity index (χ1) is 14.9. The fourth-order valence-electron chi connectivity index (χ4n) is 4.78. The zero-order valence-corrected chi connectivity index (χ0v) is 22.8. The molecule has 0 saturated heterocycles. The molecule has 1 aliphatic carbocycles. The Hall–Kier alpha value is -0.516. The summed E-state index contributed by atoms with van der Waals surface area (Å²) in [6, 6.07) is 13.4. The SMILES string of the molecule is [CH2-]Cc1cccc(CC2C(Cl)CC(Cl)C2c2cccc(C(O)CCCC)c2)c1[N+](=O)[O-].[Y]. The number of unbranched alkanes of at least 4 members (excludes halogenated alkanes) is 1. The second-order valence-corrected chi connectivity index (χ2v) is 9.54. The van der Waals surface area contributed by atoms with Crippen LogP contribution in [0.15, 0.2) is 42.5 Å². The molecule has 0 heterocycles. The van der Waals surface area contributed by atoms with Gasteiger partial charge in [0.2, 0.25) is 0 Å². The summed E-state index contributed by atoms with van der Waals surface area (Å²) in [4.78, 5) is 11.5. The Kier molecular flexibility index (Phi) is 11.1. The summed E-state index contributed by atoms with van der Waals surface area (Å²) >= 11 is 13.5. The van der Waals surface area contributed by atoms with Crippen LogP contribution in [0, 0.1) is 23.0 Å². The van der Waals surface area contributed by atoms with Crippen LogP contribution in [0.1, 0.15) is 66.9 Å². The summed E-state index contributed by atoms with van der Waals surface area (Å²) < 4.78 is 0. The minimum Gasteiger partial charge on any atom is -0.388 e. The van der Waals surface area contributed by atoms with Crippen LogP contribution in [0.25, 0.3) is 0 Å². The fourth-order valence-corrected chi connectivity index (χ4v) is 5.83. The van der Waals surface area contributed by atoms with Crippen molar-refractivity contribution in [3.63, 3.8) is 0 Å². The zero-order chi connectivity index (χ0) is 22.5. The van der Waals surface area contributed by atoms with Crippen LogP contribution in [0.4, 0.5) is 5.69 Å². The predicted octanol–water partition coefficient (Wildman–Crippen LogP) is 6.75. The number of benzene rings is 2. The van der Waals surface area contributed by atoms with Gasteiger partial charge in [-0.05, 0) is 36.3 Å². The van der Waals surface area contributed by atoms with Crippen molar-refractivity contribution in [3.05, 3.63) is 81.8 Å². The maximum atomic E-state index is 11.8. The quantitative estimate of drug-likeness (QED) is 0.162. The average molecular weight is 552 g/mol. The molecule has 1 radical (unpaired) electrons. The smallest absolute Gasteiger partial charge is 0.273 e.